The summed E-state index contributed by atoms with van der Waals surface area (Å²) >= 11 is 5.93. The quantitative estimate of drug-likeness (QED) is 0.844. The Morgan fingerprint density at radius 3 is 2.63 bits per heavy atom. The molecule has 0 spiro atoms. The van der Waals surface area contributed by atoms with Crippen molar-refractivity contribution in [3.8, 4) is 5.75 Å². The van der Waals surface area contributed by atoms with Gasteiger partial charge in [-0.25, -0.2) is 0 Å². The summed E-state index contributed by atoms with van der Waals surface area (Å²) in [5.41, 5.74) is 0.800. The molecule has 106 valence electrons. The Balaban J connectivity index is 2.50. The number of ether oxygens (including phenoxy) is 1. The fourth-order valence-electron chi connectivity index (χ4n) is 1.42. The number of carbonyl (C=O) groups is 1. The number of anilines is 1. The van der Waals surface area contributed by atoms with E-state index in [2.05, 4.69) is 24.5 Å². The van der Waals surface area contributed by atoms with Crippen LogP contribution < -0.4 is 15.4 Å². The molecule has 1 aromatic carbocycles. The maximum atomic E-state index is 11.7. The molecule has 0 aliphatic rings. The van der Waals surface area contributed by atoms with Crippen molar-refractivity contribution < 1.29 is 9.53 Å². The lowest BCUT2D eigenvalue weighted by Gasteiger charge is -2.17. The first kappa shape index (κ1) is 15.6. The number of amides is 1. The molecule has 4 nitrogen and oxygen atoms in total. The van der Waals surface area contributed by atoms with Crippen LogP contribution in [0.25, 0.3) is 0 Å². The van der Waals surface area contributed by atoms with Gasteiger partial charge in [0.1, 0.15) is 5.75 Å². The summed E-state index contributed by atoms with van der Waals surface area (Å²) in [5.74, 6) is 0.970. The van der Waals surface area contributed by atoms with Gasteiger partial charge in [-0.1, -0.05) is 25.4 Å². The molecule has 1 amide bonds. The first-order chi connectivity index (χ1) is 8.93. The standard InChI is InChI=1S/C14H21ClN2O2/c1-9(2)10(3)17-14(18)8-16-11-5-6-12(15)13(7-11)19-4/h5-7,9-10,16H,8H2,1-4H3,(H,17,18). The van der Waals surface area contributed by atoms with E-state index >= 15 is 0 Å². The maximum Gasteiger partial charge on any atom is 0.239 e. The van der Waals surface area contributed by atoms with Gasteiger partial charge in [-0.05, 0) is 25.0 Å². The molecule has 2 N–H and O–H groups in total. The minimum Gasteiger partial charge on any atom is -0.495 e. The number of benzene rings is 1. The Bertz CT molecular complexity index is 435. The van der Waals surface area contributed by atoms with E-state index in [-0.39, 0.29) is 18.5 Å². The molecular formula is C14H21ClN2O2. The molecule has 0 saturated heterocycles. The molecule has 1 rings (SSSR count). The highest BCUT2D eigenvalue weighted by Crippen LogP contribution is 2.27. The number of rotatable bonds is 6. The summed E-state index contributed by atoms with van der Waals surface area (Å²) in [5, 5.41) is 6.52. The third kappa shape index (κ3) is 4.99. The molecule has 0 radical (unpaired) electrons. The summed E-state index contributed by atoms with van der Waals surface area (Å²) < 4.78 is 5.12. The molecular weight excluding hydrogens is 264 g/mol. The van der Waals surface area contributed by atoms with Crippen LogP contribution in [0.5, 0.6) is 5.75 Å². The number of halogens is 1. The van der Waals surface area contributed by atoms with E-state index in [0.717, 1.165) is 5.69 Å². The highest BCUT2D eigenvalue weighted by Gasteiger charge is 2.10. The average molecular weight is 285 g/mol. The fraction of sp³-hybridized carbons (Fsp3) is 0.500. The highest BCUT2D eigenvalue weighted by atomic mass is 35.5. The van der Waals surface area contributed by atoms with Gasteiger partial charge in [0.25, 0.3) is 0 Å². The Morgan fingerprint density at radius 1 is 1.37 bits per heavy atom. The molecule has 0 fully saturated rings. The minimum absolute atomic E-state index is 0.0323. The third-order valence-corrected chi connectivity index (χ3v) is 3.31. The van der Waals surface area contributed by atoms with E-state index in [4.69, 9.17) is 16.3 Å². The maximum absolute atomic E-state index is 11.7. The predicted octanol–water partition coefficient (Wildman–Crippen LogP) is 2.92. The Hall–Kier alpha value is -1.42. The van der Waals surface area contributed by atoms with Crippen molar-refractivity contribution in [2.75, 3.05) is 19.0 Å². The average Bonchev–Trinajstić information content (AvgIpc) is 2.37. The van der Waals surface area contributed by atoms with Crippen molar-refractivity contribution in [2.45, 2.75) is 26.8 Å². The zero-order valence-electron chi connectivity index (χ0n) is 11.8. The van der Waals surface area contributed by atoms with Crippen molar-refractivity contribution >= 4 is 23.2 Å². The number of hydrogen-bond acceptors (Lipinski definition) is 3. The molecule has 0 aliphatic carbocycles. The predicted molar refractivity (Wildman–Crippen MR) is 78.9 cm³/mol. The van der Waals surface area contributed by atoms with Crippen molar-refractivity contribution in [1.82, 2.24) is 5.32 Å². The van der Waals surface area contributed by atoms with Crippen molar-refractivity contribution in [1.29, 1.82) is 0 Å². The van der Waals surface area contributed by atoms with Crippen LogP contribution in [0.3, 0.4) is 0 Å². The van der Waals surface area contributed by atoms with E-state index in [1.54, 1.807) is 19.2 Å². The Labute approximate surface area is 119 Å². The topological polar surface area (TPSA) is 50.4 Å². The van der Waals surface area contributed by atoms with Crippen LogP contribution in [0.15, 0.2) is 18.2 Å². The summed E-state index contributed by atoms with van der Waals surface area (Å²) in [4.78, 5) is 11.7. The van der Waals surface area contributed by atoms with E-state index in [9.17, 15) is 4.79 Å². The van der Waals surface area contributed by atoms with Crippen LogP contribution in [-0.4, -0.2) is 25.6 Å². The molecule has 0 heterocycles. The van der Waals surface area contributed by atoms with Gasteiger partial charge in [0.15, 0.2) is 0 Å². The lowest BCUT2D eigenvalue weighted by atomic mass is 10.1. The van der Waals surface area contributed by atoms with Gasteiger partial charge in [-0.3, -0.25) is 4.79 Å². The summed E-state index contributed by atoms with van der Waals surface area (Å²) in [6.45, 7) is 6.36. The van der Waals surface area contributed by atoms with Gasteiger partial charge in [-0.15, -0.1) is 0 Å². The first-order valence-corrected chi connectivity index (χ1v) is 6.68. The molecule has 19 heavy (non-hydrogen) atoms. The number of carbonyl (C=O) groups excluding carboxylic acids is 1. The zero-order valence-corrected chi connectivity index (χ0v) is 12.5. The van der Waals surface area contributed by atoms with Crippen LogP contribution in [0.2, 0.25) is 5.02 Å². The molecule has 0 bridgehead atoms. The summed E-state index contributed by atoms with van der Waals surface area (Å²) in [7, 11) is 1.56. The molecule has 0 aromatic heterocycles. The first-order valence-electron chi connectivity index (χ1n) is 6.30. The molecule has 0 aliphatic heterocycles. The monoisotopic (exact) mass is 284 g/mol. The normalized spacial score (nSPS) is 12.1. The molecule has 5 heteroatoms. The second kappa shape index (κ2) is 7.24. The number of methoxy groups -OCH3 is 1. The number of hydrogen-bond donors (Lipinski definition) is 2. The smallest absolute Gasteiger partial charge is 0.239 e. The van der Waals surface area contributed by atoms with Crippen molar-refractivity contribution in [3.63, 3.8) is 0 Å². The Kier molecular flexibility index (Phi) is 5.96. The van der Waals surface area contributed by atoms with Gasteiger partial charge < -0.3 is 15.4 Å². The van der Waals surface area contributed by atoms with E-state index in [0.29, 0.717) is 16.7 Å². The second-order valence-corrected chi connectivity index (χ2v) is 5.21. The van der Waals surface area contributed by atoms with E-state index < -0.39 is 0 Å². The Morgan fingerprint density at radius 2 is 2.05 bits per heavy atom. The van der Waals surface area contributed by atoms with Crippen molar-refractivity contribution in [2.24, 2.45) is 5.92 Å². The van der Waals surface area contributed by atoms with Gasteiger partial charge in [0, 0.05) is 17.8 Å². The van der Waals surface area contributed by atoms with Crippen molar-refractivity contribution in [3.05, 3.63) is 23.2 Å². The number of nitrogens with one attached hydrogen (secondary N) is 2. The largest absolute Gasteiger partial charge is 0.495 e. The van der Waals surface area contributed by atoms with Gasteiger partial charge in [-0.2, -0.15) is 0 Å². The lowest BCUT2D eigenvalue weighted by molar-refractivity contribution is -0.120. The molecule has 1 atom stereocenters. The summed E-state index contributed by atoms with van der Waals surface area (Å²) in [6, 6.07) is 5.47. The van der Waals surface area contributed by atoms with E-state index in [1.165, 1.54) is 0 Å². The van der Waals surface area contributed by atoms with Crippen LogP contribution in [0.1, 0.15) is 20.8 Å². The van der Waals surface area contributed by atoms with Gasteiger partial charge in [0.05, 0.1) is 18.7 Å². The van der Waals surface area contributed by atoms with Gasteiger partial charge in [0.2, 0.25) is 5.91 Å². The third-order valence-electron chi connectivity index (χ3n) is 2.99. The SMILES string of the molecule is COc1cc(NCC(=O)NC(C)C(C)C)ccc1Cl. The zero-order chi connectivity index (χ0) is 14.4. The molecule has 1 aromatic rings. The second-order valence-electron chi connectivity index (χ2n) is 4.80. The lowest BCUT2D eigenvalue weighted by Crippen LogP contribution is -2.39. The fourth-order valence-corrected chi connectivity index (χ4v) is 1.62. The summed E-state index contributed by atoms with van der Waals surface area (Å²) in [6.07, 6.45) is 0. The van der Waals surface area contributed by atoms with Gasteiger partial charge >= 0.3 is 0 Å². The molecule has 0 saturated carbocycles. The van der Waals surface area contributed by atoms with Crippen LogP contribution in [0.4, 0.5) is 5.69 Å². The van der Waals surface area contributed by atoms with Crippen LogP contribution in [0, 0.1) is 5.92 Å². The van der Waals surface area contributed by atoms with Crippen LogP contribution >= 0.6 is 11.6 Å². The van der Waals surface area contributed by atoms with Crippen LogP contribution in [-0.2, 0) is 4.79 Å². The minimum atomic E-state index is -0.0323. The highest BCUT2D eigenvalue weighted by molar-refractivity contribution is 6.32. The molecule has 1 unspecified atom stereocenters. The van der Waals surface area contributed by atoms with E-state index in [1.807, 2.05) is 13.0 Å².